The Morgan fingerprint density at radius 1 is 1.30 bits per heavy atom. The lowest BCUT2D eigenvalue weighted by atomic mass is 9.75. The first-order valence-electron chi connectivity index (χ1n) is 7.11. The van der Waals surface area contributed by atoms with Gasteiger partial charge in [-0.25, -0.2) is 8.42 Å². The molecule has 6 heteroatoms. The van der Waals surface area contributed by atoms with Gasteiger partial charge in [0.1, 0.15) is 4.21 Å². The predicted octanol–water partition coefficient (Wildman–Crippen LogP) is 4.41. The average molecular weight is 380 g/mol. The van der Waals surface area contributed by atoms with E-state index in [1.54, 1.807) is 10.4 Å². The van der Waals surface area contributed by atoms with Crippen LogP contribution in [0.5, 0.6) is 0 Å². The second kappa shape index (κ2) is 6.07. The molecule has 0 radical (unpaired) electrons. The highest BCUT2D eigenvalue weighted by atomic mass is 79.9. The van der Waals surface area contributed by atoms with Crippen molar-refractivity contribution < 1.29 is 8.42 Å². The van der Waals surface area contributed by atoms with Crippen LogP contribution in [0, 0.1) is 12.3 Å². The van der Waals surface area contributed by atoms with Gasteiger partial charge >= 0.3 is 0 Å². The minimum Gasteiger partial charge on any atom is -0.206 e. The fourth-order valence-corrected chi connectivity index (χ4v) is 6.67. The number of rotatable bonds is 4. The molecule has 114 valence electrons. The Bertz CT molecular complexity index is 546. The highest BCUT2D eigenvalue weighted by Crippen LogP contribution is 2.40. The molecule has 0 bridgehead atoms. The smallest absolute Gasteiger partial charge is 0.206 e. The molecule has 2 heterocycles. The maximum Gasteiger partial charge on any atom is 0.252 e. The van der Waals surface area contributed by atoms with Crippen molar-refractivity contribution in [2.75, 3.05) is 13.1 Å². The van der Waals surface area contributed by atoms with Crippen LogP contribution in [-0.4, -0.2) is 25.8 Å². The summed E-state index contributed by atoms with van der Waals surface area (Å²) < 4.78 is 28.3. The molecule has 1 aliphatic rings. The first-order chi connectivity index (χ1) is 9.34. The van der Waals surface area contributed by atoms with Crippen molar-refractivity contribution in [1.29, 1.82) is 0 Å². The van der Waals surface area contributed by atoms with Gasteiger partial charge in [0.2, 0.25) is 0 Å². The summed E-state index contributed by atoms with van der Waals surface area (Å²) in [6.07, 6.45) is 4.23. The van der Waals surface area contributed by atoms with Crippen molar-refractivity contribution in [3.05, 3.63) is 15.4 Å². The average Bonchev–Trinajstić information content (AvgIpc) is 2.79. The molecule has 0 N–H and O–H groups in total. The highest BCUT2D eigenvalue weighted by molar-refractivity contribution is 9.11. The topological polar surface area (TPSA) is 37.4 Å². The second-order valence-electron chi connectivity index (χ2n) is 5.63. The van der Waals surface area contributed by atoms with Crippen molar-refractivity contribution >= 4 is 37.3 Å². The number of thiophene rings is 1. The number of sulfonamides is 1. The standard InChI is InChI=1S/C14H22BrNO2S2/c1-4-14(5-2)6-8-16(9-7-14)20(17,18)12-10-11(3)13(15)19-12/h10H,4-9H2,1-3H3. The number of aryl methyl sites for hydroxylation is 1. The van der Waals surface area contributed by atoms with Crippen molar-refractivity contribution in [2.24, 2.45) is 5.41 Å². The summed E-state index contributed by atoms with van der Waals surface area (Å²) in [4.78, 5) is 0. The van der Waals surface area contributed by atoms with Gasteiger partial charge in [-0.1, -0.05) is 26.7 Å². The lowest BCUT2D eigenvalue weighted by Crippen LogP contribution is -2.42. The number of piperidine rings is 1. The Kier molecular flexibility index (Phi) is 4.99. The molecule has 1 aromatic rings. The van der Waals surface area contributed by atoms with E-state index >= 15 is 0 Å². The van der Waals surface area contributed by atoms with Gasteiger partial charge < -0.3 is 0 Å². The summed E-state index contributed by atoms with van der Waals surface area (Å²) >= 11 is 4.72. The van der Waals surface area contributed by atoms with Crippen LogP contribution in [0.4, 0.5) is 0 Å². The van der Waals surface area contributed by atoms with Crippen molar-refractivity contribution in [2.45, 2.75) is 50.7 Å². The van der Waals surface area contributed by atoms with Gasteiger partial charge in [0.05, 0.1) is 3.79 Å². The van der Waals surface area contributed by atoms with E-state index in [0.717, 1.165) is 35.0 Å². The Morgan fingerprint density at radius 2 is 1.85 bits per heavy atom. The van der Waals surface area contributed by atoms with E-state index in [9.17, 15) is 8.42 Å². The summed E-state index contributed by atoms with van der Waals surface area (Å²) in [6, 6.07) is 1.77. The highest BCUT2D eigenvalue weighted by Gasteiger charge is 2.36. The lowest BCUT2D eigenvalue weighted by Gasteiger charge is -2.40. The van der Waals surface area contributed by atoms with E-state index in [4.69, 9.17) is 0 Å². The molecule has 0 amide bonds. The van der Waals surface area contributed by atoms with E-state index in [2.05, 4.69) is 29.8 Å². The number of nitrogens with zero attached hydrogens (tertiary/aromatic N) is 1. The van der Waals surface area contributed by atoms with Gasteiger partial charge in [-0.15, -0.1) is 11.3 Å². The Morgan fingerprint density at radius 3 is 2.25 bits per heavy atom. The number of hydrogen-bond donors (Lipinski definition) is 0. The van der Waals surface area contributed by atoms with Crippen LogP contribution >= 0.6 is 27.3 Å². The monoisotopic (exact) mass is 379 g/mol. The molecule has 1 aliphatic heterocycles. The molecule has 1 saturated heterocycles. The summed E-state index contributed by atoms with van der Waals surface area (Å²) in [6.45, 7) is 7.66. The second-order valence-corrected chi connectivity index (χ2v) is 10.2. The largest absolute Gasteiger partial charge is 0.252 e. The van der Waals surface area contributed by atoms with Crippen LogP contribution in [0.1, 0.15) is 45.1 Å². The zero-order chi connectivity index (χ0) is 15.0. The van der Waals surface area contributed by atoms with Gasteiger partial charge in [0, 0.05) is 13.1 Å². The maximum absolute atomic E-state index is 12.7. The molecule has 0 unspecified atom stereocenters. The van der Waals surface area contributed by atoms with E-state index < -0.39 is 10.0 Å². The zero-order valence-electron chi connectivity index (χ0n) is 12.3. The Hall–Kier alpha value is 0.0900. The number of hydrogen-bond acceptors (Lipinski definition) is 3. The lowest BCUT2D eigenvalue weighted by molar-refractivity contribution is 0.142. The van der Waals surface area contributed by atoms with E-state index in [1.165, 1.54) is 11.3 Å². The fraction of sp³-hybridized carbons (Fsp3) is 0.714. The normalized spacial score (nSPS) is 20.2. The first-order valence-corrected chi connectivity index (χ1v) is 10.2. The maximum atomic E-state index is 12.7. The van der Waals surface area contributed by atoms with Crippen LogP contribution < -0.4 is 0 Å². The van der Waals surface area contributed by atoms with Crippen LogP contribution in [0.3, 0.4) is 0 Å². The van der Waals surface area contributed by atoms with Gasteiger partial charge in [-0.2, -0.15) is 4.31 Å². The molecule has 0 atom stereocenters. The minimum atomic E-state index is -3.31. The fourth-order valence-electron chi connectivity index (χ4n) is 2.84. The molecule has 1 fully saturated rings. The predicted molar refractivity (Wildman–Crippen MR) is 87.8 cm³/mol. The van der Waals surface area contributed by atoms with Gasteiger partial charge in [-0.3, -0.25) is 0 Å². The zero-order valence-corrected chi connectivity index (χ0v) is 15.5. The first kappa shape index (κ1) is 16.5. The third-order valence-electron chi connectivity index (χ3n) is 4.71. The Balaban J connectivity index is 2.17. The molecule has 20 heavy (non-hydrogen) atoms. The third-order valence-corrected chi connectivity index (χ3v) is 9.20. The quantitative estimate of drug-likeness (QED) is 0.776. The molecule has 2 rings (SSSR count). The van der Waals surface area contributed by atoms with Crippen LogP contribution in [0.2, 0.25) is 0 Å². The summed E-state index contributed by atoms with van der Waals surface area (Å²) in [5, 5.41) is 0. The van der Waals surface area contributed by atoms with Gasteiger partial charge in [0.25, 0.3) is 10.0 Å². The molecule has 3 nitrogen and oxygen atoms in total. The van der Waals surface area contributed by atoms with Crippen molar-refractivity contribution in [3.63, 3.8) is 0 Å². The summed E-state index contributed by atoms with van der Waals surface area (Å²) in [5.41, 5.74) is 1.33. The van der Waals surface area contributed by atoms with Crippen LogP contribution in [0.15, 0.2) is 14.1 Å². The SMILES string of the molecule is CCC1(CC)CCN(S(=O)(=O)c2cc(C)c(Br)s2)CC1. The Labute approximate surface area is 134 Å². The third kappa shape index (κ3) is 2.98. The van der Waals surface area contributed by atoms with E-state index in [-0.39, 0.29) is 0 Å². The van der Waals surface area contributed by atoms with E-state index in [0.29, 0.717) is 22.7 Å². The molecule has 0 aromatic carbocycles. The number of halogens is 1. The molecular formula is C14H22BrNO2S2. The molecule has 0 saturated carbocycles. The molecule has 0 spiro atoms. The minimum absolute atomic E-state index is 0.345. The van der Waals surface area contributed by atoms with Gasteiger partial charge in [-0.05, 0) is 52.7 Å². The molecule has 1 aromatic heterocycles. The van der Waals surface area contributed by atoms with Crippen LogP contribution in [0.25, 0.3) is 0 Å². The molecular weight excluding hydrogens is 358 g/mol. The van der Waals surface area contributed by atoms with E-state index in [1.807, 2.05) is 6.92 Å². The molecule has 0 aliphatic carbocycles. The summed E-state index contributed by atoms with van der Waals surface area (Å²) in [5.74, 6) is 0. The summed E-state index contributed by atoms with van der Waals surface area (Å²) in [7, 11) is -3.31. The van der Waals surface area contributed by atoms with Gasteiger partial charge in [0.15, 0.2) is 0 Å². The van der Waals surface area contributed by atoms with Crippen molar-refractivity contribution in [1.82, 2.24) is 4.31 Å². The van der Waals surface area contributed by atoms with Crippen LogP contribution in [-0.2, 0) is 10.0 Å². The van der Waals surface area contributed by atoms with Crippen molar-refractivity contribution in [3.8, 4) is 0 Å².